The highest BCUT2D eigenvalue weighted by Gasteiger charge is 2.52. The van der Waals surface area contributed by atoms with E-state index in [-0.39, 0.29) is 30.2 Å². The van der Waals surface area contributed by atoms with E-state index in [1.165, 1.54) is 14.3 Å². The first-order valence-electron chi connectivity index (χ1n) is 19.7. The minimum atomic E-state index is -2.01. The zero-order valence-corrected chi connectivity index (χ0v) is 32.6. The van der Waals surface area contributed by atoms with Gasteiger partial charge in [0.25, 0.3) is 17.0 Å². The minimum Gasteiger partial charge on any atom is -0.395 e. The van der Waals surface area contributed by atoms with Gasteiger partial charge in [-0.15, -0.1) is 5.10 Å². The number of aliphatic hydroxyl groups excluding tert-OH is 1. The van der Waals surface area contributed by atoms with Crippen molar-refractivity contribution >= 4 is 33.1 Å². The molecule has 3 aromatic heterocycles. The number of hydrogen-bond donors (Lipinski definition) is 2. The summed E-state index contributed by atoms with van der Waals surface area (Å²) in [5.41, 5.74) is 1.46. The molecule has 298 valence electrons. The van der Waals surface area contributed by atoms with Crippen LogP contribution in [0.3, 0.4) is 0 Å². The van der Waals surface area contributed by atoms with Gasteiger partial charge in [0.05, 0.1) is 65.0 Å². The Morgan fingerprint density at radius 2 is 1.40 bits per heavy atom. The lowest BCUT2D eigenvalue weighted by atomic mass is 9.82. The van der Waals surface area contributed by atoms with Gasteiger partial charge in [0.2, 0.25) is 0 Å². The van der Waals surface area contributed by atoms with Gasteiger partial charge in [-0.3, -0.25) is 19.1 Å². The third-order valence-corrected chi connectivity index (χ3v) is 11.3. The number of benzene rings is 5. The largest absolute Gasteiger partial charge is 0.395 e. The quantitative estimate of drug-likeness (QED) is 0.145. The van der Waals surface area contributed by atoms with Crippen LogP contribution in [0.5, 0.6) is 0 Å². The lowest BCUT2D eigenvalue weighted by molar-refractivity contribution is -0.139. The molecule has 1 amide bonds. The average molecular weight is 797 g/mol. The van der Waals surface area contributed by atoms with Crippen molar-refractivity contribution in [2.24, 2.45) is 5.92 Å². The van der Waals surface area contributed by atoms with E-state index in [9.17, 15) is 24.6 Å². The fraction of sp³-hybridized carbons (Fsp3) is 0.170. The van der Waals surface area contributed by atoms with Crippen LogP contribution in [0.15, 0.2) is 162 Å². The number of fused-ring (bicyclic) bond motifs is 3. The van der Waals surface area contributed by atoms with Gasteiger partial charge in [-0.2, -0.15) is 19.6 Å². The summed E-state index contributed by atoms with van der Waals surface area (Å²) >= 11 is 0. The third-order valence-electron chi connectivity index (χ3n) is 11.3. The number of allylic oxidation sites excluding steroid dienone is 1. The monoisotopic (exact) mass is 796 g/mol. The topological polar surface area (TPSA) is 161 Å². The Balaban J connectivity index is 1.02. The molecule has 4 heterocycles. The molecule has 5 aromatic carbocycles. The molecule has 2 N–H and O–H groups in total. The number of anilines is 1. The molecule has 8 aromatic rings. The number of nitrogens with zero attached hydrogens (tertiary/aromatic N) is 8. The Kier molecular flexibility index (Phi) is 10.0. The maximum atomic E-state index is 14.7. The van der Waals surface area contributed by atoms with Crippen LogP contribution in [0.4, 0.5) is 5.69 Å². The number of hydrogen-bond acceptors (Lipinski definition) is 9. The van der Waals surface area contributed by atoms with Crippen LogP contribution in [-0.4, -0.2) is 57.3 Å². The molecule has 0 saturated heterocycles. The molecule has 0 fully saturated rings. The van der Waals surface area contributed by atoms with Crippen LogP contribution < -0.4 is 16.0 Å². The molecule has 13 nitrogen and oxygen atoms in total. The maximum absolute atomic E-state index is 14.7. The normalized spacial score (nSPS) is 16.2. The van der Waals surface area contributed by atoms with Gasteiger partial charge >= 0.3 is 0 Å². The summed E-state index contributed by atoms with van der Waals surface area (Å²) in [5.74, 6) is -1.54. The zero-order chi connectivity index (χ0) is 41.4. The van der Waals surface area contributed by atoms with Crippen molar-refractivity contribution in [2.75, 3.05) is 11.5 Å². The molecular formula is C47H40N8O5. The van der Waals surface area contributed by atoms with E-state index in [0.29, 0.717) is 63.0 Å². The molecule has 0 bridgehead atoms. The number of aryl methyl sites for hydroxylation is 1. The predicted molar refractivity (Wildman–Crippen MR) is 228 cm³/mol. The summed E-state index contributed by atoms with van der Waals surface area (Å²) in [7, 11) is 0. The van der Waals surface area contributed by atoms with Crippen LogP contribution in [0.25, 0.3) is 32.9 Å². The first-order chi connectivity index (χ1) is 29.2. The highest BCUT2D eigenvalue weighted by Crippen LogP contribution is 2.46. The number of rotatable bonds is 12. The van der Waals surface area contributed by atoms with Crippen molar-refractivity contribution in [1.29, 1.82) is 0 Å². The fourth-order valence-electron chi connectivity index (χ4n) is 8.03. The number of aromatic nitrogens is 7. The van der Waals surface area contributed by atoms with Crippen LogP contribution in [0, 0.1) is 5.92 Å². The molecule has 0 spiro atoms. The van der Waals surface area contributed by atoms with Crippen molar-refractivity contribution in [3.63, 3.8) is 0 Å². The summed E-state index contributed by atoms with van der Waals surface area (Å²) in [5, 5.41) is 42.7. The SMILES string of the molecule is C[C@@H](/C=C/CCn1cc(C(CO)c2ccccc2)nn1)[C@]1(O)C(=O)N(Cc2cccc(-n3ncc4ccccc4c3=O)c2)c2ccc(-n3ncc4ccccc4c3=O)cc21. The van der Waals surface area contributed by atoms with Gasteiger partial charge in [-0.1, -0.05) is 103 Å². The Labute approximate surface area is 343 Å². The molecule has 9 rings (SSSR count). The lowest BCUT2D eigenvalue weighted by Gasteiger charge is -2.28. The van der Waals surface area contributed by atoms with E-state index < -0.39 is 17.4 Å². The maximum Gasteiger partial charge on any atom is 0.279 e. The van der Waals surface area contributed by atoms with Crippen LogP contribution in [-0.2, 0) is 23.5 Å². The standard InChI is InChI=1S/C47H40N8O5/c1-31(12-9-10-23-52-29-42(50-51-52)40(30-56)33-14-3-2-4-15-33)47(60)41-25-37(55-45(58)39-20-8-6-17-35(39)27-49-55)21-22-43(41)53(46(47)59)28-32-13-11-18-36(24-32)54-44(57)38-19-7-5-16-34(38)26-48-54/h2-9,11-22,24-27,29,31,40,56,60H,10,23,28,30H2,1H3/b12-9+/t31-,40?,47+/m0/s1. The van der Waals surface area contributed by atoms with Gasteiger partial charge in [-0.25, -0.2) is 0 Å². The smallest absolute Gasteiger partial charge is 0.279 e. The number of aliphatic hydroxyl groups is 2. The fourth-order valence-corrected chi connectivity index (χ4v) is 8.03. The Morgan fingerprint density at radius 1 is 0.750 bits per heavy atom. The van der Waals surface area contributed by atoms with Crippen LogP contribution in [0.2, 0.25) is 0 Å². The molecule has 1 aliphatic rings. The molecule has 0 aliphatic carbocycles. The van der Waals surface area contributed by atoms with Gasteiger partial charge < -0.3 is 15.1 Å². The van der Waals surface area contributed by atoms with E-state index in [1.54, 1.807) is 72.5 Å². The molecule has 13 heteroatoms. The predicted octanol–water partition coefficient (Wildman–Crippen LogP) is 5.82. The highest BCUT2D eigenvalue weighted by atomic mass is 16.3. The molecule has 1 aliphatic heterocycles. The van der Waals surface area contributed by atoms with Crippen LogP contribution in [0.1, 0.15) is 41.6 Å². The van der Waals surface area contributed by atoms with E-state index >= 15 is 0 Å². The first kappa shape index (κ1) is 38.2. The van der Waals surface area contributed by atoms with E-state index in [0.717, 1.165) is 10.9 Å². The first-order valence-corrected chi connectivity index (χ1v) is 19.7. The summed E-state index contributed by atoms with van der Waals surface area (Å²) in [6.07, 6.45) is 9.32. The number of amides is 1. The molecule has 1 unspecified atom stereocenters. The second kappa shape index (κ2) is 15.8. The van der Waals surface area contributed by atoms with Crippen molar-refractivity contribution < 1.29 is 15.0 Å². The third kappa shape index (κ3) is 6.79. The summed E-state index contributed by atoms with van der Waals surface area (Å²) in [4.78, 5) is 43.3. The van der Waals surface area contributed by atoms with Gasteiger partial charge in [-0.05, 0) is 60.0 Å². The van der Waals surface area contributed by atoms with Crippen molar-refractivity contribution in [2.45, 2.75) is 38.0 Å². The average Bonchev–Trinajstić information content (AvgIpc) is 3.83. The Hall–Kier alpha value is -7.35. The van der Waals surface area contributed by atoms with Crippen molar-refractivity contribution in [1.82, 2.24) is 34.6 Å². The second-order valence-electron chi connectivity index (χ2n) is 15.0. The molecule has 0 saturated carbocycles. The van der Waals surface area contributed by atoms with Gasteiger partial charge in [0.15, 0.2) is 5.60 Å². The second-order valence-corrected chi connectivity index (χ2v) is 15.0. The summed E-state index contributed by atoms with van der Waals surface area (Å²) < 4.78 is 4.32. The van der Waals surface area contributed by atoms with E-state index in [1.807, 2.05) is 91.1 Å². The highest BCUT2D eigenvalue weighted by molar-refractivity contribution is 6.07. The van der Waals surface area contributed by atoms with E-state index in [4.69, 9.17) is 0 Å². The molecule has 3 atom stereocenters. The van der Waals surface area contributed by atoms with Crippen molar-refractivity contribution in [3.05, 3.63) is 195 Å². The number of carbonyl (C=O) groups is 1. The summed E-state index contributed by atoms with van der Waals surface area (Å²) in [6.45, 7) is 2.24. The minimum absolute atomic E-state index is 0.0840. The van der Waals surface area contributed by atoms with Gasteiger partial charge in [0.1, 0.15) is 0 Å². The Morgan fingerprint density at radius 3 is 2.08 bits per heavy atom. The van der Waals surface area contributed by atoms with Crippen LogP contribution >= 0.6 is 0 Å². The van der Waals surface area contributed by atoms with E-state index in [2.05, 4.69) is 20.5 Å². The zero-order valence-electron chi connectivity index (χ0n) is 32.6. The summed E-state index contributed by atoms with van der Waals surface area (Å²) in [6, 6.07) is 36.5. The van der Waals surface area contributed by atoms with Crippen molar-refractivity contribution in [3.8, 4) is 11.4 Å². The number of carbonyl (C=O) groups excluding carboxylic acids is 1. The molecule has 0 radical (unpaired) electrons. The van der Waals surface area contributed by atoms with Gasteiger partial charge in [0, 0.05) is 35.0 Å². The molecule has 60 heavy (non-hydrogen) atoms. The Bertz CT molecular complexity index is 3050. The molecular weight excluding hydrogens is 757 g/mol. The lowest BCUT2D eigenvalue weighted by Crippen LogP contribution is -2.44.